The molecule has 0 bridgehead atoms. The van der Waals surface area contributed by atoms with Gasteiger partial charge in [0, 0.05) is 12.1 Å². The maximum atomic E-state index is 4.35. The molecular formula is C14H26N4. The summed E-state index contributed by atoms with van der Waals surface area (Å²) in [6.07, 6.45) is 11.3. The molecule has 2 rings (SSSR count). The zero-order chi connectivity index (χ0) is 12.8. The minimum Gasteiger partial charge on any atom is -0.307 e. The molecule has 1 saturated carbocycles. The number of aromatic nitrogens is 3. The zero-order valence-electron chi connectivity index (χ0n) is 11.7. The molecule has 102 valence electrons. The molecule has 0 atom stereocenters. The summed E-state index contributed by atoms with van der Waals surface area (Å²) in [5, 5.41) is 7.94. The summed E-state index contributed by atoms with van der Waals surface area (Å²) in [4.78, 5) is 4.35. The molecule has 0 unspecified atom stereocenters. The second-order valence-corrected chi connectivity index (χ2v) is 5.64. The van der Waals surface area contributed by atoms with E-state index >= 15 is 0 Å². The van der Waals surface area contributed by atoms with E-state index < -0.39 is 0 Å². The molecule has 1 fully saturated rings. The van der Waals surface area contributed by atoms with Crippen molar-refractivity contribution in [3.63, 3.8) is 0 Å². The Morgan fingerprint density at radius 1 is 1.22 bits per heavy atom. The molecule has 1 N–H and O–H groups in total. The van der Waals surface area contributed by atoms with Crippen LogP contribution in [0.15, 0.2) is 6.33 Å². The number of nitrogens with one attached hydrogen (secondary N) is 1. The van der Waals surface area contributed by atoms with Gasteiger partial charge in [0.05, 0.1) is 6.54 Å². The second-order valence-electron chi connectivity index (χ2n) is 5.64. The lowest BCUT2D eigenvalue weighted by Crippen LogP contribution is -2.30. The maximum Gasteiger partial charge on any atom is 0.141 e. The Labute approximate surface area is 110 Å². The first-order valence-electron chi connectivity index (χ1n) is 7.39. The first-order chi connectivity index (χ1) is 8.77. The van der Waals surface area contributed by atoms with Gasteiger partial charge in [-0.05, 0) is 26.7 Å². The van der Waals surface area contributed by atoms with Crippen LogP contribution in [0.25, 0.3) is 0 Å². The third kappa shape index (κ3) is 3.80. The van der Waals surface area contributed by atoms with Crippen molar-refractivity contribution in [1.82, 2.24) is 20.1 Å². The third-order valence-corrected chi connectivity index (χ3v) is 3.79. The van der Waals surface area contributed by atoms with Crippen LogP contribution < -0.4 is 5.32 Å². The topological polar surface area (TPSA) is 42.7 Å². The van der Waals surface area contributed by atoms with Crippen LogP contribution >= 0.6 is 0 Å². The van der Waals surface area contributed by atoms with Crippen molar-refractivity contribution < 1.29 is 0 Å². The molecule has 0 amide bonds. The smallest absolute Gasteiger partial charge is 0.141 e. The second kappa shape index (κ2) is 6.88. The molecule has 18 heavy (non-hydrogen) atoms. The van der Waals surface area contributed by atoms with E-state index in [-0.39, 0.29) is 0 Å². The molecule has 1 heterocycles. The highest BCUT2D eigenvalue weighted by atomic mass is 15.4. The number of hydrogen-bond donors (Lipinski definition) is 1. The van der Waals surface area contributed by atoms with E-state index in [0.717, 1.165) is 12.4 Å². The van der Waals surface area contributed by atoms with Gasteiger partial charge in [0.25, 0.3) is 0 Å². The summed E-state index contributed by atoms with van der Waals surface area (Å²) < 4.78 is 2.01. The van der Waals surface area contributed by atoms with Crippen molar-refractivity contribution >= 4 is 0 Å². The van der Waals surface area contributed by atoms with Crippen LogP contribution in [0.2, 0.25) is 0 Å². The molecule has 0 saturated heterocycles. The highest BCUT2D eigenvalue weighted by Crippen LogP contribution is 2.17. The fraction of sp³-hybridized carbons (Fsp3) is 0.857. The molecule has 0 aliphatic heterocycles. The predicted octanol–water partition coefficient (Wildman–Crippen LogP) is 3.06. The summed E-state index contributed by atoms with van der Waals surface area (Å²) in [6, 6.07) is 1.06. The van der Waals surface area contributed by atoms with Crippen molar-refractivity contribution in [2.24, 2.45) is 0 Å². The van der Waals surface area contributed by atoms with Gasteiger partial charge in [-0.3, -0.25) is 0 Å². The van der Waals surface area contributed by atoms with Gasteiger partial charge in [0.1, 0.15) is 12.2 Å². The molecule has 4 heteroatoms. The van der Waals surface area contributed by atoms with Crippen molar-refractivity contribution in [2.45, 2.75) is 77.4 Å². The quantitative estimate of drug-likeness (QED) is 0.893. The van der Waals surface area contributed by atoms with Crippen molar-refractivity contribution in [3.8, 4) is 0 Å². The molecule has 1 aromatic rings. The lowest BCUT2D eigenvalue weighted by Gasteiger charge is -2.21. The minimum atomic E-state index is 0.390. The third-order valence-electron chi connectivity index (χ3n) is 3.79. The van der Waals surface area contributed by atoms with Gasteiger partial charge < -0.3 is 5.32 Å². The Bertz CT molecular complexity index is 337. The highest BCUT2D eigenvalue weighted by Gasteiger charge is 2.13. The number of hydrogen-bond acceptors (Lipinski definition) is 3. The van der Waals surface area contributed by atoms with Gasteiger partial charge in [-0.1, -0.05) is 32.1 Å². The van der Waals surface area contributed by atoms with Crippen LogP contribution in [0.4, 0.5) is 0 Å². The number of rotatable bonds is 4. The lowest BCUT2D eigenvalue weighted by molar-refractivity contribution is 0.378. The van der Waals surface area contributed by atoms with E-state index in [1.807, 2.05) is 4.68 Å². The fourth-order valence-corrected chi connectivity index (χ4v) is 2.73. The van der Waals surface area contributed by atoms with E-state index in [4.69, 9.17) is 0 Å². The van der Waals surface area contributed by atoms with Gasteiger partial charge in [-0.25, -0.2) is 9.67 Å². The summed E-state index contributed by atoms with van der Waals surface area (Å²) in [7, 11) is 0. The SMILES string of the molecule is CC(C)n1ncnc1CNC1CCCCCCC1. The van der Waals surface area contributed by atoms with Gasteiger partial charge >= 0.3 is 0 Å². The Kier molecular flexibility index (Phi) is 5.17. The first kappa shape index (κ1) is 13.5. The van der Waals surface area contributed by atoms with E-state index in [0.29, 0.717) is 12.1 Å². The summed E-state index contributed by atoms with van der Waals surface area (Å²) in [6.45, 7) is 5.14. The lowest BCUT2D eigenvalue weighted by atomic mass is 9.97. The Morgan fingerprint density at radius 2 is 1.89 bits per heavy atom. The molecule has 1 aromatic heterocycles. The van der Waals surface area contributed by atoms with Crippen LogP contribution in [-0.2, 0) is 6.54 Å². The molecule has 0 spiro atoms. The normalized spacial score (nSPS) is 18.8. The Hall–Kier alpha value is -0.900. The molecule has 1 aliphatic rings. The average molecular weight is 250 g/mol. The molecule has 0 aromatic carbocycles. The van der Waals surface area contributed by atoms with Crippen LogP contribution in [-0.4, -0.2) is 20.8 Å². The molecule has 4 nitrogen and oxygen atoms in total. The van der Waals surface area contributed by atoms with Gasteiger partial charge in [-0.15, -0.1) is 0 Å². The van der Waals surface area contributed by atoms with Gasteiger partial charge in [0.15, 0.2) is 0 Å². The maximum absolute atomic E-state index is 4.35. The van der Waals surface area contributed by atoms with E-state index in [1.165, 1.54) is 44.9 Å². The fourth-order valence-electron chi connectivity index (χ4n) is 2.73. The summed E-state index contributed by atoms with van der Waals surface area (Å²) >= 11 is 0. The Morgan fingerprint density at radius 3 is 2.56 bits per heavy atom. The van der Waals surface area contributed by atoms with Gasteiger partial charge in [-0.2, -0.15) is 5.10 Å². The van der Waals surface area contributed by atoms with Gasteiger partial charge in [0.2, 0.25) is 0 Å². The monoisotopic (exact) mass is 250 g/mol. The molecular weight excluding hydrogens is 224 g/mol. The molecule has 1 aliphatic carbocycles. The van der Waals surface area contributed by atoms with E-state index in [2.05, 4.69) is 29.2 Å². The van der Waals surface area contributed by atoms with Crippen molar-refractivity contribution in [3.05, 3.63) is 12.2 Å². The number of nitrogens with zero attached hydrogens (tertiary/aromatic N) is 3. The summed E-state index contributed by atoms with van der Waals surface area (Å²) in [5.74, 6) is 1.06. The first-order valence-corrected chi connectivity index (χ1v) is 7.39. The Balaban J connectivity index is 1.83. The van der Waals surface area contributed by atoms with Crippen LogP contribution in [0.3, 0.4) is 0 Å². The van der Waals surface area contributed by atoms with E-state index in [9.17, 15) is 0 Å². The molecule has 0 radical (unpaired) electrons. The average Bonchev–Trinajstić information content (AvgIpc) is 2.76. The van der Waals surface area contributed by atoms with Crippen molar-refractivity contribution in [1.29, 1.82) is 0 Å². The van der Waals surface area contributed by atoms with Crippen molar-refractivity contribution in [2.75, 3.05) is 0 Å². The standard InChI is InChI=1S/C14H26N4/c1-12(2)18-14(16-11-17-18)10-15-13-8-6-4-3-5-7-9-13/h11-13,15H,3-10H2,1-2H3. The van der Waals surface area contributed by atoms with Crippen LogP contribution in [0, 0.1) is 0 Å². The minimum absolute atomic E-state index is 0.390. The van der Waals surface area contributed by atoms with Crippen LogP contribution in [0.1, 0.15) is 70.7 Å². The predicted molar refractivity (Wildman–Crippen MR) is 73.4 cm³/mol. The highest BCUT2D eigenvalue weighted by molar-refractivity contribution is 4.87. The largest absolute Gasteiger partial charge is 0.307 e. The zero-order valence-corrected chi connectivity index (χ0v) is 11.7. The van der Waals surface area contributed by atoms with E-state index in [1.54, 1.807) is 6.33 Å². The summed E-state index contributed by atoms with van der Waals surface area (Å²) in [5.41, 5.74) is 0. The van der Waals surface area contributed by atoms with Crippen LogP contribution in [0.5, 0.6) is 0 Å².